The van der Waals surface area contributed by atoms with Crippen molar-refractivity contribution in [1.82, 2.24) is 0 Å². The summed E-state index contributed by atoms with van der Waals surface area (Å²) >= 11 is 0. The maximum Gasteiger partial charge on any atom is 0.118 e. The van der Waals surface area contributed by atoms with Crippen LogP contribution in [0.25, 0.3) is 22.3 Å². The first-order valence-corrected chi connectivity index (χ1v) is 25.5. The second-order valence-corrected chi connectivity index (χ2v) is 17.8. The summed E-state index contributed by atoms with van der Waals surface area (Å²) in [6.45, 7) is 0. The molecule has 0 fully saturated rings. The molecular formula is C72H56O8. The zero-order valence-electron chi connectivity index (χ0n) is 45.7. The largest absolute Gasteiger partial charge is 0.497 e. The molecule has 0 spiro atoms. The fraction of sp³-hybridized carbons (Fsp3) is 0.111. The summed E-state index contributed by atoms with van der Waals surface area (Å²) in [5.74, 6) is 35.0. The van der Waals surface area contributed by atoms with Crippen LogP contribution in [0.15, 0.2) is 216 Å². The molecule has 0 saturated carbocycles. The Morgan fingerprint density at radius 3 is 0.575 bits per heavy atom. The van der Waals surface area contributed by atoms with Crippen LogP contribution in [0.5, 0.6) is 46.0 Å². The first-order chi connectivity index (χ1) is 39.3. The van der Waals surface area contributed by atoms with Crippen LogP contribution < -0.4 is 37.9 Å². The Kier molecular flexibility index (Phi) is 17.6. The highest BCUT2D eigenvalue weighted by atomic mass is 16.5. The minimum absolute atomic E-state index is 0.580. The van der Waals surface area contributed by atoms with Gasteiger partial charge in [-0.05, 0) is 168 Å². The number of rotatable bonds is 12. The first-order valence-electron chi connectivity index (χ1n) is 25.5. The fourth-order valence-corrected chi connectivity index (χ4v) is 8.92. The molecule has 0 radical (unpaired) electrons. The highest BCUT2D eigenvalue weighted by Crippen LogP contribution is 2.49. The van der Waals surface area contributed by atoms with Crippen molar-refractivity contribution in [2.45, 2.75) is 0 Å². The molecule has 8 nitrogen and oxygen atoms in total. The number of methoxy groups -OCH3 is 8. The van der Waals surface area contributed by atoms with Crippen molar-refractivity contribution < 1.29 is 37.9 Å². The van der Waals surface area contributed by atoms with Crippen LogP contribution in [0.4, 0.5) is 0 Å². The van der Waals surface area contributed by atoms with Crippen LogP contribution in [0.3, 0.4) is 0 Å². The third-order valence-electron chi connectivity index (χ3n) is 13.2. The summed E-state index contributed by atoms with van der Waals surface area (Å²) in [6.07, 6.45) is 0. The summed E-state index contributed by atoms with van der Waals surface area (Å²) in [4.78, 5) is 0. The van der Waals surface area contributed by atoms with Gasteiger partial charge in [-0.1, -0.05) is 95.9 Å². The second-order valence-electron chi connectivity index (χ2n) is 17.8. The summed E-state index contributed by atoms with van der Waals surface area (Å²) in [7, 11) is 13.2. The van der Waals surface area contributed by atoms with Crippen LogP contribution in [0.2, 0.25) is 0 Å². The lowest BCUT2D eigenvalue weighted by Gasteiger charge is -2.27. The Bertz CT molecular complexity index is 3890. The lowest BCUT2D eigenvalue weighted by molar-refractivity contribution is 0.414. The van der Waals surface area contributed by atoms with E-state index in [0.717, 1.165) is 55.7 Å². The van der Waals surface area contributed by atoms with E-state index in [4.69, 9.17) is 37.9 Å². The van der Waals surface area contributed by atoms with Gasteiger partial charge in [-0.3, -0.25) is 0 Å². The summed E-state index contributed by atoms with van der Waals surface area (Å²) in [5.41, 5.74) is 11.4. The zero-order chi connectivity index (χ0) is 55.8. The van der Waals surface area contributed by atoms with Crippen molar-refractivity contribution in [1.29, 1.82) is 0 Å². The molecule has 8 heteroatoms. The van der Waals surface area contributed by atoms with Crippen molar-refractivity contribution in [2.75, 3.05) is 56.9 Å². The van der Waals surface area contributed by atoms with E-state index in [1.165, 1.54) is 0 Å². The van der Waals surface area contributed by atoms with Gasteiger partial charge in [0, 0.05) is 61.3 Å². The molecule has 8 aromatic rings. The van der Waals surface area contributed by atoms with Crippen LogP contribution in [0.1, 0.15) is 44.5 Å². The van der Waals surface area contributed by atoms with Gasteiger partial charge in [0.1, 0.15) is 46.0 Å². The van der Waals surface area contributed by atoms with Crippen LogP contribution in [-0.4, -0.2) is 56.9 Å². The monoisotopic (exact) mass is 1050 g/mol. The highest BCUT2D eigenvalue weighted by Gasteiger charge is 2.31. The van der Waals surface area contributed by atoms with Gasteiger partial charge in [0.25, 0.3) is 0 Å². The predicted molar refractivity (Wildman–Crippen MR) is 319 cm³/mol. The van der Waals surface area contributed by atoms with Gasteiger partial charge in [0.05, 0.1) is 62.5 Å². The second kappa shape index (κ2) is 25.9. The quantitative estimate of drug-likeness (QED) is 0.112. The Labute approximate surface area is 469 Å². The van der Waals surface area contributed by atoms with E-state index in [2.05, 4.69) is 47.4 Å². The topological polar surface area (TPSA) is 73.8 Å². The van der Waals surface area contributed by atoms with E-state index in [9.17, 15) is 0 Å². The molecule has 8 aromatic carbocycles. The molecule has 0 atom stereocenters. The van der Waals surface area contributed by atoms with Crippen molar-refractivity contribution in [3.63, 3.8) is 0 Å². The minimum Gasteiger partial charge on any atom is -0.497 e. The third kappa shape index (κ3) is 12.6. The Morgan fingerprint density at radius 1 is 0.175 bits per heavy atom. The average Bonchev–Trinajstić information content (AvgIpc) is 3.55. The summed E-state index contributed by atoms with van der Waals surface area (Å²) in [6, 6.07) is 62.7. The van der Waals surface area contributed by atoms with E-state index in [1.807, 2.05) is 194 Å². The molecule has 1 aliphatic rings. The third-order valence-corrected chi connectivity index (χ3v) is 13.2. The van der Waals surface area contributed by atoms with Crippen LogP contribution >= 0.6 is 0 Å². The van der Waals surface area contributed by atoms with Gasteiger partial charge in [-0.15, -0.1) is 0 Å². The van der Waals surface area contributed by atoms with E-state index in [1.54, 1.807) is 56.9 Å². The standard InChI is InChI=1S/C72H56O8/c1-73-57-29-9-49(10-30-57)17-45-65-66(46-18-50-11-31-58(74-2)32-12-50)71(55-25-41-63(79-7)42-26-55)72(56-27-43-64(80-8)44-28-56)68(48-20-52-15-35-60(76-4)36-16-52)70(54-23-39-62(78-6)40-24-54)67(47-19-51-13-33-59(75-3)34-14-51)69(65)53-21-37-61(77-5)38-22-53/h9-16,21-44H,1-8H3/b66-65-,69-65?,69-67-,70-67?,70-68-,71-66?,72-68?,72-71-. The van der Waals surface area contributed by atoms with E-state index in [-0.39, 0.29) is 0 Å². The Hall–Kier alpha value is -10.6. The Balaban J connectivity index is 1.61. The van der Waals surface area contributed by atoms with Crippen molar-refractivity contribution in [3.05, 3.63) is 261 Å². The SMILES string of the molecule is COc1ccc(C#CC2=C(C#Cc3ccc(OC)cc3)/C(c3ccc(OC)cc3)=C(C#Cc3ccc(OC)cc3)\C(c3ccc(OC)cc3)=C(C#Cc3ccc(OC)cc3)/C(c3ccc(OC)cc3)=C\2c2ccc(OC)cc2)cc1. The predicted octanol–water partition coefficient (Wildman–Crippen LogP) is 14.1. The van der Waals surface area contributed by atoms with Gasteiger partial charge in [-0.2, -0.15) is 0 Å². The van der Waals surface area contributed by atoms with Gasteiger partial charge in [0.15, 0.2) is 0 Å². The molecule has 0 aromatic heterocycles. The maximum absolute atomic E-state index is 5.82. The van der Waals surface area contributed by atoms with Crippen molar-refractivity contribution in [3.8, 4) is 93.4 Å². The van der Waals surface area contributed by atoms with Gasteiger partial charge < -0.3 is 37.9 Å². The molecule has 0 unspecified atom stereocenters. The number of ether oxygens (including phenoxy) is 8. The van der Waals surface area contributed by atoms with Gasteiger partial charge in [0.2, 0.25) is 0 Å². The average molecular weight is 1050 g/mol. The zero-order valence-corrected chi connectivity index (χ0v) is 45.7. The molecule has 0 aliphatic heterocycles. The molecule has 0 amide bonds. The fourth-order valence-electron chi connectivity index (χ4n) is 8.92. The molecule has 0 bridgehead atoms. The van der Waals surface area contributed by atoms with Crippen LogP contribution in [-0.2, 0) is 0 Å². The smallest absolute Gasteiger partial charge is 0.118 e. The van der Waals surface area contributed by atoms with Gasteiger partial charge >= 0.3 is 0 Å². The maximum atomic E-state index is 5.82. The highest BCUT2D eigenvalue weighted by molar-refractivity contribution is 6.18. The molecular weight excluding hydrogens is 993 g/mol. The minimum atomic E-state index is 0.580. The lowest BCUT2D eigenvalue weighted by atomic mass is 9.74. The number of allylic oxidation sites excluding steroid dienone is 8. The lowest BCUT2D eigenvalue weighted by Crippen LogP contribution is -2.10. The number of hydrogen-bond donors (Lipinski definition) is 0. The van der Waals surface area contributed by atoms with E-state index >= 15 is 0 Å². The molecule has 1 aliphatic carbocycles. The van der Waals surface area contributed by atoms with Crippen molar-refractivity contribution >= 4 is 22.3 Å². The Morgan fingerprint density at radius 2 is 0.338 bits per heavy atom. The van der Waals surface area contributed by atoms with Crippen molar-refractivity contribution in [2.24, 2.45) is 0 Å². The first kappa shape index (κ1) is 54.2. The number of benzene rings is 8. The molecule has 9 rings (SSSR count). The van der Waals surface area contributed by atoms with Gasteiger partial charge in [-0.25, -0.2) is 0 Å². The molecule has 0 N–H and O–H groups in total. The normalized spacial score (nSPS) is 15.5. The van der Waals surface area contributed by atoms with E-state index < -0.39 is 0 Å². The number of hydrogen-bond acceptors (Lipinski definition) is 8. The van der Waals surface area contributed by atoms with Crippen LogP contribution in [0, 0.1) is 47.4 Å². The molecule has 80 heavy (non-hydrogen) atoms. The summed E-state index contributed by atoms with van der Waals surface area (Å²) < 4.78 is 45.6. The molecule has 0 heterocycles. The summed E-state index contributed by atoms with van der Waals surface area (Å²) in [5, 5.41) is 0. The molecule has 0 saturated heterocycles. The molecule has 392 valence electrons. The van der Waals surface area contributed by atoms with E-state index in [0.29, 0.717) is 79.4 Å².